The molecule has 1 aliphatic carbocycles. The molecule has 2 aromatic carbocycles. The Morgan fingerprint density at radius 2 is 1.79 bits per heavy atom. The SMILES string of the molecule is CC(C)(C)C(=O)OCC1c2ccccc2-c2ccc(NC(=O)CCN3C(=O)CC(S)C3=O)cc21. The van der Waals surface area contributed by atoms with Crippen LogP contribution in [0.4, 0.5) is 5.69 Å². The summed E-state index contributed by atoms with van der Waals surface area (Å²) < 4.78 is 5.65. The van der Waals surface area contributed by atoms with Gasteiger partial charge in [-0.2, -0.15) is 12.6 Å². The second kappa shape index (κ2) is 9.25. The van der Waals surface area contributed by atoms with Crippen molar-refractivity contribution in [1.29, 1.82) is 0 Å². The lowest BCUT2D eigenvalue weighted by Gasteiger charge is -2.20. The number of carbonyl (C=O) groups excluding carboxylic acids is 4. The first-order valence-corrected chi connectivity index (χ1v) is 11.8. The Labute approximate surface area is 204 Å². The Bertz CT molecular complexity index is 1170. The molecule has 1 heterocycles. The number of benzene rings is 2. The van der Waals surface area contributed by atoms with Crippen molar-refractivity contribution < 1.29 is 23.9 Å². The number of likely N-dealkylation sites (tertiary alicyclic amines) is 1. The summed E-state index contributed by atoms with van der Waals surface area (Å²) in [6.07, 6.45) is 0.0675. The molecule has 1 N–H and O–H groups in total. The molecule has 2 atom stereocenters. The molecule has 7 nitrogen and oxygen atoms in total. The highest BCUT2D eigenvalue weighted by Gasteiger charge is 2.36. The number of esters is 1. The van der Waals surface area contributed by atoms with Gasteiger partial charge in [0.15, 0.2) is 0 Å². The topological polar surface area (TPSA) is 92.8 Å². The van der Waals surface area contributed by atoms with Crippen LogP contribution >= 0.6 is 12.6 Å². The van der Waals surface area contributed by atoms with Crippen LogP contribution in [-0.2, 0) is 23.9 Å². The summed E-state index contributed by atoms with van der Waals surface area (Å²) in [6, 6.07) is 13.7. The van der Waals surface area contributed by atoms with Crippen LogP contribution in [-0.4, -0.2) is 47.0 Å². The fourth-order valence-corrected chi connectivity index (χ4v) is 4.58. The number of rotatable bonds is 6. The zero-order chi connectivity index (χ0) is 24.6. The van der Waals surface area contributed by atoms with Gasteiger partial charge in [0, 0.05) is 31.0 Å². The normalized spacial score (nSPS) is 19.1. The van der Waals surface area contributed by atoms with Crippen molar-refractivity contribution in [3.05, 3.63) is 53.6 Å². The van der Waals surface area contributed by atoms with E-state index in [2.05, 4.69) is 17.9 Å². The molecule has 0 bridgehead atoms. The van der Waals surface area contributed by atoms with Gasteiger partial charge in [-0.25, -0.2) is 0 Å². The smallest absolute Gasteiger partial charge is 0.311 e. The fourth-order valence-electron chi connectivity index (χ4n) is 4.28. The number of amides is 3. The number of nitrogens with zero attached hydrogens (tertiary/aromatic N) is 1. The largest absolute Gasteiger partial charge is 0.464 e. The number of hydrogen-bond donors (Lipinski definition) is 2. The van der Waals surface area contributed by atoms with E-state index in [1.165, 1.54) is 0 Å². The standard InChI is InChI=1S/C26H28N2O5S/c1-26(2,3)25(32)33-14-20-17-7-5-4-6-16(17)18-9-8-15(12-19(18)20)27-22(29)10-11-28-23(30)13-21(34)24(28)31/h4-9,12,20-21,34H,10-11,13-14H2,1-3H3,(H,27,29). The molecule has 0 spiro atoms. The fraction of sp³-hybridized carbons (Fsp3) is 0.385. The second-order valence-electron chi connectivity index (χ2n) is 9.69. The lowest BCUT2D eigenvalue weighted by Crippen LogP contribution is -2.33. The third kappa shape index (κ3) is 4.73. The average molecular weight is 481 g/mol. The monoisotopic (exact) mass is 480 g/mol. The number of fused-ring (bicyclic) bond motifs is 3. The van der Waals surface area contributed by atoms with E-state index in [4.69, 9.17) is 4.74 Å². The Hall–Kier alpha value is -3.13. The zero-order valence-corrected chi connectivity index (χ0v) is 20.4. The first-order chi connectivity index (χ1) is 16.1. The van der Waals surface area contributed by atoms with E-state index in [1.54, 1.807) is 0 Å². The van der Waals surface area contributed by atoms with Crippen molar-refractivity contribution in [3.8, 4) is 11.1 Å². The van der Waals surface area contributed by atoms with E-state index in [1.807, 2.05) is 63.2 Å². The van der Waals surface area contributed by atoms with Crippen molar-refractivity contribution in [2.75, 3.05) is 18.5 Å². The minimum absolute atomic E-state index is 0.00190. The highest BCUT2D eigenvalue weighted by Crippen LogP contribution is 2.45. The van der Waals surface area contributed by atoms with Crippen molar-refractivity contribution >= 4 is 42.0 Å². The number of nitrogens with one attached hydrogen (secondary N) is 1. The van der Waals surface area contributed by atoms with Gasteiger partial charge in [0.2, 0.25) is 17.7 Å². The predicted molar refractivity (Wildman–Crippen MR) is 131 cm³/mol. The summed E-state index contributed by atoms with van der Waals surface area (Å²) >= 11 is 4.10. The molecule has 0 radical (unpaired) electrons. The molecule has 0 saturated carbocycles. The van der Waals surface area contributed by atoms with Crippen molar-refractivity contribution in [1.82, 2.24) is 4.90 Å². The molecule has 34 heavy (non-hydrogen) atoms. The quantitative estimate of drug-likeness (QED) is 0.373. The lowest BCUT2D eigenvalue weighted by atomic mass is 9.96. The van der Waals surface area contributed by atoms with Crippen LogP contribution in [0, 0.1) is 5.41 Å². The molecule has 4 rings (SSSR count). The predicted octanol–water partition coefficient (Wildman–Crippen LogP) is 3.77. The van der Waals surface area contributed by atoms with Gasteiger partial charge in [-0.05, 0) is 55.2 Å². The zero-order valence-electron chi connectivity index (χ0n) is 19.5. The highest BCUT2D eigenvalue weighted by molar-refractivity contribution is 7.81. The van der Waals surface area contributed by atoms with Crippen LogP contribution in [0.25, 0.3) is 11.1 Å². The van der Waals surface area contributed by atoms with Gasteiger partial charge in [-0.1, -0.05) is 30.3 Å². The molecular formula is C26H28N2O5S. The number of hydrogen-bond acceptors (Lipinski definition) is 6. The highest BCUT2D eigenvalue weighted by atomic mass is 32.1. The summed E-state index contributed by atoms with van der Waals surface area (Å²) in [6.45, 7) is 5.70. The summed E-state index contributed by atoms with van der Waals surface area (Å²) in [5.74, 6) is -1.36. The van der Waals surface area contributed by atoms with E-state index in [9.17, 15) is 19.2 Å². The number of carbonyl (C=O) groups is 4. The van der Waals surface area contributed by atoms with Crippen molar-refractivity contribution in [2.45, 2.75) is 44.8 Å². The van der Waals surface area contributed by atoms with Gasteiger partial charge in [-0.15, -0.1) is 0 Å². The summed E-state index contributed by atoms with van der Waals surface area (Å²) in [5.41, 5.74) is 4.19. The number of imide groups is 1. The number of anilines is 1. The van der Waals surface area contributed by atoms with Crippen LogP contribution in [0.3, 0.4) is 0 Å². The maximum Gasteiger partial charge on any atom is 0.311 e. The molecule has 2 aliphatic rings. The summed E-state index contributed by atoms with van der Waals surface area (Å²) in [5, 5.41) is 2.23. The molecule has 2 aromatic rings. The molecule has 0 aromatic heterocycles. The molecule has 8 heteroatoms. The first kappa shape index (κ1) is 24.0. The van der Waals surface area contributed by atoms with Crippen molar-refractivity contribution in [2.24, 2.45) is 5.41 Å². The molecule has 2 unspecified atom stereocenters. The van der Waals surface area contributed by atoms with Gasteiger partial charge in [0.05, 0.1) is 10.7 Å². The Morgan fingerprint density at radius 3 is 2.47 bits per heavy atom. The maximum atomic E-state index is 12.5. The van der Waals surface area contributed by atoms with E-state index in [0.717, 1.165) is 27.2 Å². The van der Waals surface area contributed by atoms with Crippen LogP contribution in [0.1, 0.15) is 50.7 Å². The van der Waals surface area contributed by atoms with Gasteiger partial charge in [0.25, 0.3) is 0 Å². The first-order valence-electron chi connectivity index (χ1n) is 11.3. The molecule has 1 saturated heterocycles. The van der Waals surface area contributed by atoms with E-state index in [-0.39, 0.29) is 55.6 Å². The molecule has 178 valence electrons. The van der Waals surface area contributed by atoms with Crippen LogP contribution in [0.2, 0.25) is 0 Å². The Kier molecular flexibility index (Phi) is 6.53. The second-order valence-corrected chi connectivity index (χ2v) is 10.3. The van der Waals surface area contributed by atoms with Gasteiger partial charge >= 0.3 is 5.97 Å². The Morgan fingerprint density at radius 1 is 1.09 bits per heavy atom. The van der Waals surface area contributed by atoms with Crippen molar-refractivity contribution in [3.63, 3.8) is 0 Å². The lowest BCUT2D eigenvalue weighted by molar-refractivity contribution is -0.153. The van der Waals surface area contributed by atoms with Gasteiger partial charge in [0.1, 0.15) is 6.61 Å². The average Bonchev–Trinajstić information content (AvgIpc) is 3.22. The van der Waals surface area contributed by atoms with Crippen LogP contribution < -0.4 is 5.32 Å². The molecule has 1 fully saturated rings. The third-order valence-corrected chi connectivity index (χ3v) is 6.52. The molecule has 3 amide bonds. The summed E-state index contributed by atoms with van der Waals surface area (Å²) in [7, 11) is 0. The van der Waals surface area contributed by atoms with E-state index < -0.39 is 10.7 Å². The van der Waals surface area contributed by atoms with E-state index in [0.29, 0.717) is 5.69 Å². The minimum atomic E-state index is -0.627. The third-order valence-electron chi connectivity index (χ3n) is 6.11. The van der Waals surface area contributed by atoms with Crippen LogP contribution in [0.5, 0.6) is 0 Å². The van der Waals surface area contributed by atoms with Gasteiger partial charge in [-0.3, -0.25) is 24.1 Å². The van der Waals surface area contributed by atoms with Crippen LogP contribution in [0.15, 0.2) is 42.5 Å². The summed E-state index contributed by atoms with van der Waals surface area (Å²) in [4.78, 5) is 49.9. The van der Waals surface area contributed by atoms with Gasteiger partial charge < -0.3 is 10.1 Å². The maximum absolute atomic E-state index is 12.5. The number of ether oxygens (including phenoxy) is 1. The molecule has 1 aliphatic heterocycles. The number of thiol groups is 1. The molecular weight excluding hydrogens is 452 g/mol. The minimum Gasteiger partial charge on any atom is -0.464 e. The van der Waals surface area contributed by atoms with E-state index >= 15 is 0 Å². The Balaban J connectivity index is 1.48.